The molecule has 0 unspecified atom stereocenters. The lowest BCUT2D eigenvalue weighted by Gasteiger charge is -2.12. The average molecular weight is 417 g/mol. The molecule has 0 atom stereocenters. The van der Waals surface area contributed by atoms with Gasteiger partial charge in [-0.3, -0.25) is 9.78 Å². The number of H-pyrrole nitrogens is 1. The molecule has 2 aromatic carbocycles. The molecule has 0 aliphatic rings. The molecule has 1 N–H and O–H groups in total. The lowest BCUT2D eigenvalue weighted by Crippen LogP contribution is -2.12. The fourth-order valence-electron chi connectivity index (χ4n) is 3.40. The number of aromatic amines is 1. The Morgan fingerprint density at radius 3 is 2.23 bits per heavy atom. The van der Waals surface area contributed by atoms with Crippen LogP contribution in [0, 0.1) is 13.8 Å². The molecular formula is C24H23N3O4. The maximum Gasteiger partial charge on any atom is 0.262 e. The number of para-hydroxylation sites is 1. The maximum absolute atomic E-state index is 12.8. The van der Waals surface area contributed by atoms with Crippen LogP contribution in [0.5, 0.6) is 17.2 Å². The first-order chi connectivity index (χ1) is 15.0. The largest absolute Gasteiger partial charge is 0.496 e. The van der Waals surface area contributed by atoms with E-state index in [1.54, 1.807) is 12.1 Å². The molecule has 7 heteroatoms. The van der Waals surface area contributed by atoms with E-state index < -0.39 is 0 Å². The van der Waals surface area contributed by atoms with Gasteiger partial charge in [0, 0.05) is 29.1 Å². The Morgan fingerprint density at radius 2 is 1.55 bits per heavy atom. The number of rotatable bonds is 7. The first-order valence-electron chi connectivity index (χ1n) is 9.92. The molecule has 4 rings (SSSR count). The summed E-state index contributed by atoms with van der Waals surface area (Å²) in [5, 5.41) is 0.377. The molecule has 0 bridgehead atoms. The molecule has 2 heterocycles. The van der Waals surface area contributed by atoms with Crippen molar-refractivity contribution in [1.82, 2.24) is 15.0 Å². The highest BCUT2D eigenvalue weighted by Gasteiger charge is 2.14. The highest BCUT2D eigenvalue weighted by atomic mass is 16.5. The van der Waals surface area contributed by atoms with E-state index in [2.05, 4.69) is 15.0 Å². The minimum Gasteiger partial charge on any atom is -0.496 e. The van der Waals surface area contributed by atoms with Gasteiger partial charge in [0.2, 0.25) is 0 Å². The highest BCUT2D eigenvalue weighted by Crippen LogP contribution is 2.29. The van der Waals surface area contributed by atoms with E-state index >= 15 is 0 Å². The van der Waals surface area contributed by atoms with Crippen molar-refractivity contribution in [3.63, 3.8) is 0 Å². The van der Waals surface area contributed by atoms with Crippen LogP contribution in [0.15, 0.2) is 59.4 Å². The maximum atomic E-state index is 12.8. The lowest BCUT2D eigenvalue weighted by molar-refractivity contribution is 0.217. The van der Waals surface area contributed by atoms with Gasteiger partial charge < -0.3 is 19.2 Å². The molecule has 0 aliphatic carbocycles. The summed E-state index contributed by atoms with van der Waals surface area (Å²) in [5.74, 6) is 2.20. The fourth-order valence-corrected chi connectivity index (χ4v) is 3.40. The van der Waals surface area contributed by atoms with Crippen molar-refractivity contribution < 1.29 is 14.2 Å². The molecule has 31 heavy (non-hydrogen) atoms. The second-order valence-electron chi connectivity index (χ2n) is 7.08. The molecule has 0 radical (unpaired) electrons. The smallest absolute Gasteiger partial charge is 0.262 e. The first kappa shape index (κ1) is 20.4. The van der Waals surface area contributed by atoms with Gasteiger partial charge in [-0.25, -0.2) is 4.98 Å². The number of nitrogens with one attached hydrogen (secondary N) is 1. The van der Waals surface area contributed by atoms with E-state index in [1.165, 1.54) is 7.11 Å². The van der Waals surface area contributed by atoms with Gasteiger partial charge in [0.15, 0.2) is 0 Å². The van der Waals surface area contributed by atoms with E-state index in [-0.39, 0.29) is 5.56 Å². The Labute approximate surface area is 179 Å². The summed E-state index contributed by atoms with van der Waals surface area (Å²) in [6, 6.07) is 16.7. The van der Waals surface area contributed by atoms with Crippen LogP contribution in [0.4, 0.5) is 0 Å². The number of pyridine rings is 1. The highest BCUT2D eigenvalue weighted by molar-refractivity contribution is 5.87. The zero-order valence-electron chi connectivity index (χ0n) is 17.6. The zero-order chi connectivity index (χ0) is 21.8. The van der Waals surface area contributed by atoms with Crippen molar-refractivity contribution in [2.45, 2.75) is 13.8 Å². The predicted molar refractivity (Wildman–Crippen MR) is 119 cm³/mol. The van der Waals surface area contributed by atoms with Crippen molar-refractivity contribution in [2.24, 2.45) is 0 Å². The van der Waals surface area contributed by atoms with Crippen LogP contribution in [0.2, 0.25) is 0 Å². The van der Waals surface area contributed by atoms with Crippen molar-refractivity contribution in [2.75, 3.05) is 20.3 Å². The Bertz CT molecular complexity index is 1250. The third-order valence-electron chi connectivity index (χ3n) is 4.68. The van der Waals surface area contributed by atoms with Gasteiger partial charge in [-0.05, 0) is 38.1 Å². The molecule has 2 aromatic heterocycles. The minimum absolute atomic E-state index is 0.275. The summed E-state index contributed by atoms with van der Waals surface area (Å²) in [7, 11) is 1.51. The molecule has 158 valence electrons. The standard InChI is InChI=1S/C24H23N3O4/c1-15-11-17(12-16(2)25-15)23-26-20-13-19(14-21(29-3)22(20)24(28)27-23)31-10-9-30-18-7-5-4-6-8-18/h4-8,11-14H,9-10H2,1-3H3,(H,26,27,28). The normalized spacial score (nSPS) is 10.8. The quantitative estimate of drug-likeness (QED) is 0.456. The van der Waals surface area contributed by atoms with Gasteiger partial charge in [0.1, 0.15) is 41.7 Å². The third-order valence-corrected chi connectivity index (χ3v) is 4.68. The summed E-state index contributed by atoms with van der Waals surface area (Å²) in [5.41, 5.74) is 2.72. The van der Waals surface area contributed by atoms with E-state index in [1.807, 2.05) is 56.3 Å². The van der Waals surface area contributed by atoms with Crippen LogP contribution in [0.25, 0.3) is 22.3 Å². The Morgan fingerprint density at radius 1 is 0.871 bits per heavy atom. The predicted octanol–water partition coefficient (Wildman–Crippen LogP) is 4.07. The van der Waals surface area contributed by atoms with Gasteiger partial charge in [-0.2, -0.15) is 0 Å². The molecule has 4 aromatic rings. The van der Waals surface area contributed by atoms with Gasteiger partial charge in [0.05, 0.1) is 12.6 Å². The number of nitrogens with zero attached hydrogens (tertiary/aromatic N) is 2. The number of ether oxygens (including phenoxy) is 3. The molecule has 0 spiro atoms. The van der Waals surface area contributed by atoms with Crippen LogP contribution < -0.4 is 19.8 Å². The average Bonchev–Trinajstić information content (AvgIpc) is 2.76. The second-order valence-corrected chi connectivity index (χ2v) is 7.08. The SMILES string of the molecule is COc1cc(OCCOc2ccccc2)cc2nc(-c3cc(C)nc(C)c3)[nH]c(=O)c12. The second kappa shape index (κ2) is 8.87. The number of hydrogen-bond donors (Lipinski definition) is 1. The molecule has 0 fully saturated rings. The van der Waals surface area contributed by atoms with E-state index in [9.17, 15) is 4.79 Å². The van der Waals surface area contributed by atoms with Crippen molar-refractivity contribution in [3.8, 4) is 28.6 Å². The minimum atomic E-state index is -0.275. The number of aromatic nitrogens is 3. The number of fused-ring (bicyclic) bond motifs is 1. The van der Waals surface area contributed by atoms with Crippen LogP contribution in [0.1, 0.15) is 11.4 Å². The number of methoxy groups -OCH3 is 1. The fraction of sp³-hybridized carbons (Fsp3) is 0.208. The number of benzene rings is 2. The zero-order valence-corrected chi connectivity index (χ0v) is 17.6. The van der Waals surface area contributed by atoms with Gasteiger partial charge in [-0.15, -0.1) is 0 Å². The monoisotopic (exact) mass is 417 g/mol. The Hall–Kier alpha value is -3.87. The van der Waals surface area contributed by atoms with Gasteiger partial charge in [0.25, 0.3) is 5.56 Å². The number of hydrogen-bond acceptors (Lipinski definition) is 6. The summed E-state index contributed by atoms with van der Waals surface area (Å²) in [6.45, 7) is 4.53. The van der Waals surface area contributed by atoms with Crippen LogP contribution in [0.3, 0.4) is 0 Å². The van der Waals surface area contributed by atoms with Crippen LogP contribution >= 0.6 is 0 Å². The number of aryl methyl sites for hydroxylation is 2. The van der Waals surface area contributed by atoms with Crippen molar-refractivity contribution >= 4 is 10.9 Å². The third kappa shape index (κ3) is 4.66. The van der Waals surface area contributed by atoms with E-state index in [0.717, 1.165) is 22.7 Å². The van der Waals surface area contributed by atoms with Crippen molar-refractivity contribution in [1.29, 1.82) is 0 Å². The molecule has 0 saturated heterocycles. The van der Waals surface area contributed by atoms with Gasteiger partial charge in [-0.1, -0.05) is 18.2 Å². The lowest BCUT2D eigenvalue weighted by atomic mass is 10.1. The van der Waals surface area contributed by atoms with Crippen LogP contribution in [-0.4, -0.2) is 35.3 Å². The summed E-state index contributed by atoms with van der Waals surface area (Å²) < 4.78 is 16.9. The molecule has 7 nitrogen and oxygen atoms in total. The Kier molecular flexibility index (Phi) is 5.84. The first-order valence-corrected chi connectivity index (χ1v) is 9.92. The van der Waals surface area contributed by atoms with Crippen molar-refractivity contribution in [3.05, 3.63) is 76.3 Å². The molecular weight excluding hydrogens is 394 g/mol. The Balaban J connectivity index is 1.62. The van der Waals surface area contributed by atoms with Gasteiger partial charge >= 0.3 is 0 Å². The molecule has 0 saturated carbocycles. The summed E-state index contributed by atoms with van der Waals surface area (Å²) in [4.78, 5) is 24.7. The summed E-state index contributed by atoms with van der Waals surface area (Å²) in [6.07, 6.45) is 0. The molecule has 0 aliphatic heterocycles. The van der Waals surface area contributed by atoms with E-state index in [0.29, 0.717) is 41.4 Å². The summed E-state index contributed by atoms with van der Waals surface area (Å²) >= 11 is 0. The molecule has 0 amide bonds. The van der Waals surface area contributed by atoms with Crippen LogP contribution in [-0.2, 0) is 0 Å². The topological polar surface area (TPSA) is 86.3 Å². The van der Waals surface area contributed by atoms with E-state index in [4.69, 9.17) is 14.2 Å².